The topological polar surface area (TPSA) is 103 Å². The minimum Gasteiger partial charge on any atom is -0.493 e. The Hall–Kier alpha value is -3.59. The van der Waals surface area contributed by atoms with Crippen molar-refractivity contribution >= 4 is 28.3 Å². The summed E-state index contributed by atoms with van der Waals surface area (Å²) < 4.78 is 6.05. The molecule has 0 radical (unpaired) electrons. The average Bonchev–Trinajstić information content (AvgIpc) is 2.92. The van der Waals surface area contributed by atoms with Gasteiger partial charge in [0.05, 0.1) is 28.8 Å². The minimum atomic E-state index is -0.0786. The highest BCUT2D eigenvalue weighted by atomic mass is 16.5. The monoisotopic (exact) mass is 504 g/mol. The molecule has 9 heteroatoms. The van der Waals surface area contributed by atoms with E-state index in [1.807, 2.05) is 26.0 Å². The third-order valence-corrected chi connectivity index (χ3v) is 7.09. The molecule has 5 rings (SSSR count). The van der Waals surface area contributed by atoms with E-state index in [1.54, 1.807) is 6.20 Å². The first-order valence-corrected chi connectivity index (χ1v) is 13.4. The van der Waals surface area contributed by atoms with E-state index in [0.29, 0.717) is 18.7 Å². The second-order valence-electron chi connectivity index (χ2n) is 9.71. The summed E-state index contributed by atoms with van der Waals surface area (Å²) in [5, 5.41) is 7.30. The number of hydrogen-bond acceptors (Lipinski definition) is 7. The van der Waals surface area contributed by atoms with Crippen LogP contribution in [-0.4, -0.2) is 66.7 Å². The summed E-state index contributed by atoms with van der Waals surface area (Å²) >= 11 is 0. The van der Waals surface area contributed by atoms with Gasteiger partial charge in [-0.3, -0.25) is 14.5 Å². The summed E-state index contributed by atoms with van der Waals surface area (Å²) in [5.41, 5.74) is 4.28. The molecule has 2 aliphatic heterocycles. The Labute approximate surface area is 217 Å². The van der Waals surface area contributed by atoms with Crippen LogP contribution in [0.4, 0.5) is 11.5 Å². The van der Waals surface area contributed by atoms with E-state index >= 15 is 0 Å². The number of pyridine rings is 2. The van der Waals surface area contributed by atoms with Crippen molar-refractivity contribution < 1.29 is 9.53 Å². The third-order valence-electron chi connectivity index (χ3n) is 7.09. The molecular weight excluding hydrogens is 468 g/mol. The Bertz CT molecular complexity index is 1310. The highest BCUT2D eigenvalue weighted by Crippen LogP contribution is 2.36. The third kappa shape index (κ3) is 5.41. The number of piperazine rings is 1. The van der Waals surface area contributed by atoms with Crippen molar-refractivity contribution in [3.63, 3.8) is 0 Å². The van der Waals surface area contributed by atoms with Gasteiger partial charge in [-0.15, -0.1) is 0 Å². The Morgan fingerprint density at radius 1 is 1.16 bits per heavy atom. The number of carbonyl (C=O) groups excluding carboxylic acids is 1. The molecule has 0 aliphatic carbocycles. The van der Waals surface area contributed by atoms with Crippen LogP contribution in [0.15, 0.2) is 35.3 Å². The summed E-state index contributed by atoms with van der Waals surface area (Å²) in [6.07, 6.45) is 4.31. The number of fused-ring (bicyclic) bond motifs is 3. The van der Waals surface area contributed by atoms with Gasteiger partial charge in [-0.05, 0) is 56.0 Å². The molecular formula is C28H36N6O3. The number of nitrogens with one attached hydrogen (secondary N) is 3. The molecule has 2 aromatic heterocycles. The van der Waals surface area contributed by atoms with Crippen LogP contribution in [0.5, 0.6) is 5.75 Å². The van der Waals surface area contributed by atoms with Crippen molar-refractivity contribution in [3.05, 3.63) is 57.5 Å². The van der Waals surface area contributed by atoms with E-state index < -0.39 is 0 Å². The molecule has 37 heavy (non-hydrogen) atoms. The van der Waals surface area contributed by atoms with Crippen LogP contribution in [0.25, 0.3) is 10.9 Å². The number of ether oxygens (including phenoxy) is 1. The summed E-state index contributed by atoms with van der Waals surface area (Å²) in [6, 6.07) is 7.99. The molecule has 0 bridgehead atoms. The van der Waals surface area contributed by atoms with Crippen LogP contribution in [0.3, 0.4) is 0 Å². The molecule has 0 saturated carbocycles. The summed E-state index contributed by atoms with van der Waals surface area (Å²) in [4.78, 5) is 37.2. The largest absolute Gasteiger partial charge is 0.493 e. The second-order valence-corrected chi connectivity index (χ2v) is 9.71. The fourth-order valence-corrected chi connectivity index (χ4v) is 5.21. The van der Waals surface area contributed by atoms with Crippen LogP contribution >= 0.6 is 0 Å². The van der Waals surface area contributed by atoms with Gasteiger partial charge in [-0.25, -0.2) is 4.98 Å². The normalized spacial score (nSPS) is 15.8. The van der Waals surface area contributed by atoms with E-state index in [2.05, 4.69) is 42.5 Å². The van der Waals surface area contributed by atoms with E-state index in [-0.39, 0.29) is 11.5 Å². The number of H-pyrrole nitrogens is 1. The Morgan fingerprint density at radius 2 is 2.00 bits per heavy atom. The molecule has 0 spiro atoms. The van der Waals surface area contributed by atoms with Crippen LogP contribution in [0, 0.1) is 0 Å². The number of nitrogens with zero attached hydrogens (tertiary/aromatic N) is 3. The molecule has 4 heterocycles. The maximum atomic E-state index is 12.7. The Balaban J connectivity index is 1.27. The fourth-order valence-electron chi connectivity index (χ4n) is 5.21. The quantitative estimate of drug-likeness (QED) is 0.433. The lowest BCUT2D eigenvalue weighted by atomic mass is 9.99. The number of carbonyl (C=O) groups is 1. The maximum absolute atomic E-state index is 12.7. The Morgan fingerprint density at radius 3 is 2.73 bits per heavy atom. The molecule has 0 unspecified atom stereocenters. The van der Waals surface area contributed by atoms with Crippen molar-refractivity contribution in [1.29, 1.82) is 0 Å². The van der Waals surface area contributed by atoms with Gasteiger partial charge in [0.25, 0.3) is 11.5 Å². The van der Waals surface area contributed by atoms with Crippen molar-refractivity contribution in [2.24, 2.45) is 0 Å². The highest BCUT2D eigenvalue weighted by Gasteiger charge is 2.22. The molecule has 1 aromatic carbocycles. The predicted octanol–water partition coefficient (Wildman–Crippen LogP) is 3.14. The van der Waals surface area contributed by atoms with Crippen LogP contribution < -0.4 is 25.8 Å². The smallest absolute Gasteiger partial charge is 0.253 e. The number of rotatable bonds is 8. The minimum absolute atomic E-state index is 0.00993. The summed E-state index contributed by atoms with van der Waals surface area (Å²) in [7, 11) is 0. The lowest BCUT2D eigenvalue weighted by Gasteiger charge is -2.35. The van der Waals surface area contributed by atoms with Gasteiger partial charge in [0.15, 0.2) is 0 Å². The van der Waals surface area contributed by atoms with Crippen LogP contribution in [0.2, 0.25) is 0 Å². The van der Waals surface area contributed by atoms with E-state index in [9.17, 15) is 9.59 Å². The number of anilines is 2. The molecule has 1 amide bonds. The first kappa shape index (κ1) is 25.1. The number of benzene rings is 1. The maximum Gasteiger partial charge on any atom is 0.253 e. The standard InChI is InChI=1S/C28H36N6O3/c1-3-9-30-27(35)20-7-8-24(31-17-20)34-13-11-33(12-14-34)18-19-15-22-25(23(16-19)37-4-2)26-21(28(36)32-22)6-5-10-29-26/h7-8,15-17,29H,3-6,9-14,18H2,1-2H3,(H,30,35)(H,32,36). The first-order chi connectivity index (χ1) is 18.1. The van der Waals surface area contributed by atoms with Gasteiger partial charge < -0.3 is 25.3 Å². The molecule has 3 aromatic rings. The van der Waals surface area contributed by atoms with Gasteiger partial charge in [0.1, 0.15) is 11.6 Å². The van der Waals surface area contributed by atoms with Crippen molar-refractivity contribution in [2.45, 2.75) is 39.7 Å². The number of amides is 1. The van der Waals surface area contributed by atoms with Crippen molar-refractivity contribution in [2.75, 3.05) is 56.1 Å². The van der Waals surface area contributed by atoms with Gasteiger partial charge in [-0.1, -0.05) is 6.92 Å². The van der Waals surface area contributed by atoms with E-state index in [1.165, 1.54) is 0 Å². The molecule has 196 valence electrons. The van der Waals surface area contributed by atoms with Gasteiger partial charge in [0.2, 0.25) is 0 Å². The van der Waals surface area contributed by atoms with Crippen LogP contribution in [-0.2, 0) is 13.0 Å². The van der Waals surface area contributed by atoms with Crippen LogP contribution in [0.1, 0.15) is 48.2 Å². The van der Waals surface area contributed by atoms with E-state index in [0.717, 1.165) is 97.8 Å². The zero-order chi connectivity index (χ0) is 25.8. The van der Waals surface area contributed by atoms with E-state index in [4.69, 9.17) is 4.74 Å². The number of aromatic nitrogens is 2. The lowest BCUT2D eigenvalue weighted by Crippen LogP contribution is -2.46. The second kappa shape index (κ2) is 11.2. The summed E-state index contributed by atoms with van der Waals surface area (Å²) in [5.74, 6) is 1.64. The molecule has 1 saturated heterocycles. The van der Waals surface area contributed by atoms with Crippen molar-refractivity contribution in [1.82, 2.24) is 20.2 Å². The zero-order valence-electron chi connectivity index (χ0n) is 21.7. The zero-order valence-corrected chi connectivity index (χ0v) is 21.7. The number of hydrogen-bond donors (Lipinski definition) is 3. The molecule has 1 fully saturated rings. The Kier molecular flexibility index (Phi) is 7.60. The molecule has 0 atom stereocenters. The van der Waals surface area contributed by atoms with Gasteiger partial charge in [-0.2, -0.15) is 0 Å². The first-order valence-electron chi connectivity index (χ1n) is 13.4. The SMILES string of the molecule is CCCNC(=O)c1ccc(N2CCN(Cc3cc(OCC)c4c5c(c(=O)[nH]c4c3)CCCN5)CC2)nc1. The fraction of sp³-hybridized carbons (Fsp3) is 0.464. The lowest BCUT2D eigenvalue weighted by molar-refractivity contribution is 0.0953. The summed E-state index contributed by atoms with van der Waals surface area (Å²) in [6.45, 7) is 10.4. The highest BCUT2D eigenvalue weighted by molar-refractivity contribution is 5.98. The molecule has 3 N–H and O–H groups in total. The van der Waals surface area contributed by atoms with Crippen molar-refractivity contribution in [3.8, 4) is 5.75 Å². The molecule has 9 nitrogen and oxygen atoms in total. The molecule has 2 aliphatic rings. The van der Waals surface area contributed by atoms with Gasteiger partial charge >= 0.3 is 0 Å². The predicted molar refractivity (Wildman–Crippen MR) is 147 cm³/mol. The number of aromatic amines is 1. The van der Waals surface area contributed by atoms with Gasteiger partial charge in [0, 0.05) is 57.6 Å². The average molecular weight is 505 g/mol.